The third-order valence-corrected chi connectivity index (χ3v) is 4.31. The Morgan fingerprint density at radius 2 is 1.88 bits per heavy atom. The molecular weight excluding hydrogens is 406 g/mol. The Balaban J connectivity index is 2.42. The first kappa shape index (κ1) is 19.3. The summed E-state index contributed by atoms with van der Waals surface area (Å²) in [6.45, 7) is 3.92. The number of anilines is 1. The number of rotatable bonds is 6. The summed E-state index contributed by atoms with van der Waals surface area (Å²) in [5.41, 5.74) is 2.68. The first-order valence-electron chi connectivity index (χ1n) is 7.70. The van der Waals surface area contributed by atoms with Gasteiger partial charge in [-0.3, -0.25) is 0 Å². The number of nitrogens with one attached hydrogen (secondary N) is 1. The normalized spacial score (nSPS) is 11.6. The van der Waals surface area contributed by atoms with E-state index >= 15 is 0 Å². The van der Waals surface area contributed by atoms with Crippen molar-refractivity contribution in [2.24, 2.45) is 0 Å². The number of halogens is 2. The van der Waals surface area contributed by atoms with Gasteiger partial charge in [-0.15, -0.1) is 0 Å². The van der Waals surface area contributed by atoms with Gasteiger partial charge in [0.2, 0.25) is 0 Å². The molecule has 132 valence electrons. The smallest absolute Gasteiger partial charge is 0.340 e. The van der Waals surface area contributed by atoms with Gasteiger partial charge < -0.3 is 14.8 Å². The molecule has 0 saturated heterocycles. The lowest BCUT2D eigenvalue weighted by Crippen LogP contribution is -2.12. The highest BCUT2D eigenvalue weighted by Crippen LogP contribution is 2.29. The van der Waals surface area contributed by atoms with E-state index in [0.29, 0.717) is 28.6 Å². The van der Waals surface area contributed by atoms with Crippen LogP contribution in [0.1, 0.15) is 19.4 Å². The minimum atomic E-state index is -0.379. The SMILES string of the molecule is CCOC(=O)/C(=C(/C)Nc1ccc(Cl)c(OC)c1)c1ccc(Br)cc1. The summed E-state index contributed by atoms with van der Waals surface area (Å²) in [4.78, 5) is 12.5. The molecule has 0 bridgehead atoms. The third-order valence-electron chi connectivity index (χ3n) is 3.47. The maximum atomic E-state index is 12.5. The highest BCUT2D eigenvalue weighted by molar-refractivity contribution is 9.10. The van der Waals surface area contributed by atoms with Gasteiger partial charge in [-0.25, -0.2) is 4.79 Å². The van der Waals surface area contributed by atoms with Gasteiger partial charge >= 0.3 is 5.97 Å². The second-order valence-electron chi connectivity index (χ2n) is 5.20. The Kier molecular flexibility index (Phi) is 6.91. The van der Waals surface area contributed by atoms with Gasteiger partial charge in [0.25, 0.3) is 0 Å². The summed E-state index contributed by atoms with van der Waals surface area (Å²) in [5, 5.41) is 3.75. The fraction of sp³-hybridized carbons (Fsp3) is 0.211. The van der Waals surface area contributed by atoms with Crippen LogP contribution >= 0.6 is 27.5 Å². The molecule has 0 aliphatic rings. The molecule has 0 heterocycles. The van der Waals surface area contributed by atoms with Gasteiger partial charge in [0, 0.05) is 21.9 Å². The molecular formula is C19H19BrClNO3. The fourth-order valence-corrected chi connectivity index (χ4v) is 2.78. The second kappa shape index (κ2) is 8.92. The summed E-state index contributed by atoms with van der Waals surface area (Å²) in [6, 6.07) is 12.8. The maximum Gasteiger partial charge on any atom is 0.340 e. The Morgan fingerprint density at radius 3 is 2.48 bits per heavy atom. The van der Waals surface area contributed by atoms with Crippen LogP contribution in [0.2, 0.25) is 5.02 Å². The van der Waals surface area contributed by atoms with E-state index in [2.05, 4.69) is 21.2 Å². The number of carbonyl (C=O) groups excluding carboxylic acids is 1. The first-order valence-corrected chi connectivity index (χ1v) is 8.87. The lowest BCUT2D eigenvalue weighted by Gasteiger charge is -2.15. The highest BCUT2D eigenvalue weighted by atomic mass is 79.9. The highest BCUT2D eigenvalue weighted by Gasteiger charge is 2.17. The monoisotopic (exact) mass is 423 g/mol. The number of carbonyl (C=O) groups is 1. The molecule has 25 heavy (non-hydrogen) atoms. The van der Waals surface area contributed by atoms with E-state index in [1.807, 2.05) is 37.3 Å². The topological polar surface area (TPSA) is 47.6 Å². The average molecular weight is 425 g/mol. The number of benzene rings is 2. The third kappa shape index (κ3) is 5.00. The number of hydrogen-bond acceptors (Lipinski definition) is 4. The van der Waals surface area contributed by atoms with Crippen molar-refractivity contribution in [1.29, 1.82) is 0 Å². The molecule has 0 spiro atoms. The van der Waals surface area contributed by atoms with Crippen LogP contribution in [-0.4, -0.2) is 19.7 Å². The lowest BCUT2D eigenvalue weighted by molar-refractivity contribution is -0.136. The predicted octanol–water partition coefficient (Wildman–Crippen LogP) is 5.52. The van der Waals surface area contributed by atoms with Crippen LogP contribution in [-0.2, 0) is 9.53 Å². The molecule has 0 unspecified atom stereocenters. The van der Waals surface area contributed by atoms with E-state index in [1.54, 1.807) is 26.2 Å². The Labute approximate surface area is 160 Å². The molecule has 2 aromatic rings. The Bertz CT molecular complexity index is 788. The van der Waals surface area contributed by atoms with Crippen molar-refractivity contribution in [2.75, 3.05) is 19.0 Å². The summed E-state index contributed by atoms with van der Waals surface area (Å²) in [6.07, 6.45) is 0. The molecule has 0 aliphatic carbocycles. The summed E-state index contributed by atoms with van der Waals surface area (Å²) in [7, 11) is 1.56. The van der Waals surface area contributed by atoms with E-state index in [4.69, 9.17) is 21.1 Å². The van der Waals surface area contributed by atoms with E-state index in [9.17, 15) is 4.79 Å². The maximum absolute atomic E-state index is 12.5. The average Bonchev–Trinajstić information content (AvgIpc) is 2.59. The molecule has 6 heteroatoms. The number of allylic oxidation sites excluding steroid dienone is 1. The van der Waals surface area contributed by atoms with Crippen LogP contribution in [0.25, 0.3) is 5.57 Å². The van der Waals surface area contributed by atoms with Crippen LogP contribution in [0.3, 0.4) is 0 Å². The number of hydrogen-bond donors (Lipinski definition) is 1. The summed E-state index contributed by atoms with van der Waals surface area (Å²) in [5.74, 6) is 0.177. The molecule has 2 aromatic carbocycles. The number of esters is 1. The van der Waals surface area contributed by atoms with Crippen molar-refractivity contribution in [3.05, 3.63) is 63.2 Å². The Hall–Kier alpha value is -1.98. The zero-order chi connectivity index (χ0) is 18.4. The quantitative estimate of drug-likeness (QED) is 0.490. The summed E-state index contributed by atoms with van der Waals surface area (Å²) >= 11 is 9.46. The van der Waals surface area contributed by atoms with Crippen LogP contribution in [0.15, 0.2) is 52.6 Å². The van der Waals surface area contributed by atoms with E-state index in [0.717, 1.165) is 15.7 Å². The fourth-order valence-electron chi connectivity index (χ4n) is 2.32. The van der Waals surface area contributed by atoms with Crippen molar-refractivity contribution in [1.82, 2.24) is 0 Å². The lowest BCUT2D eigenvalue weighted by atomic mass is 10.0. The van der Waals surface area contributed by atoms with E-state index in [-0.39, 0.29) is 5.97 Å². The second-order valence-corrected chi connectivity index (χ2v) is 6.52. The van der Waals surface area contributed by atoms with Crippen molar-refractivity contribution >= 4 is 44.8 Å². The molecule has 0 amide bonds. The molecule has 4 nitrogen and oxygen atoms in total. The van der Waals surface area contributed by atoms with Gasteiger partial charge in [-0.2, -0.15) is 0 Å². The molecule has 0 fully saturated rings. The van der Waals surface area contributed by atoms with Crippen molar-refractivity contribution in [3.8, 4) is 5.75 Å². The number of ether oxygens (including phenoxy) is 2. The Morgan fingerprint density at radius 1 is 1.20 bits per heavy atom. The molecule has 0 saturated carbocycles. The van der Waals surface area contributed by atoms with Gasteiger partial charge in [-0.1, -0.05) is 39.7 Å². The van der Waals surface area contributed by atoms with Crippen LogP contribution in [0, 0.1) is 0 Å². The minimum absolute atomic E-state index is 0.306. The van der Waals surface area contributed by atoms with E-state index < -0.39 is 0 Å². The molecule has 1 N–H and O–H groups in total. The minimum Gasteiger partial charge on any atom is -0.495 e. The zero-order valence-corrected chi connectivity index (χ0v) is 16.6. The first-order chi connectivity index (χ1) is 12.0. The van der Waals surface area contributed by atoms with Crippen molar-refractivity contribution in [3.63, 3.8) is 0 Å². The van der Waals surface area contributed by atoms with Crippen LogP contribution in [0.4, 0.5) is 5.69 Å². The molecule has 0 aromatic heterocycles. The predicted molar refractivity (Wildman–Crippen MR) is 105 cm³/mol. The van der Waals surface area contributed by atoms with E-state index in [1.165, 1.54) is 0 Å². The zero-order valence-electron chi connectivity index (χ0n) is 14.2. The van der Waals surface area contributed by atoms with Gasteiger partial charge in [0.05, 0.1) is 24.3 Å². The van der Waals surface area contributed by atoms with Gasteiger partial charge in [0.15, 0.2) is 0 Å². The number of methoxy groups -OCH3 is 1. The molecule has 0 atom stereocenters. The molecule has 0 aliphatic heterocycles. The summed E-state index contributed by atoms with van der Waals surface area (Å²) < 4.78 is 11.4. The van der Waals surface area contributed by atoms with Crippen LogP contribution < -0.4 is 10.1 Å². The van der Waals surface area contributed by atoms with Crippen LogP contribution in [0.5, 0.6) is 5.75 Å². The standard InChI is InChI=1S/C19H19BrClNO3/c1-4-25-19(23)18(13-5-7-14(20)8-6-13)12(2)22-15-9-10-16(21)17(11-15)24-3/h5-11,22H,4H2,1-3H3/b18-12-. The van der Waals surface area contributed by atoms with Gasteiger partial charge in [0.1, 0.15) is 5.75 Å². The van der Waals surface area contributed by atoms with Crippen molar-refractivity contribution in [2.45, 2.75) is 13.8 Å². The van der Waals surface area contributed by atoms with Crippen molar-refractivity contribution < 1.29 is 14.3 Å². The molecule has 0 radical (unpaired) electrons. The molecule has 2 rings (SSSR count). The largest absolute Gasteiger partial charge is 0.495 e. The van der Waals surface area contributed by atoms with Gasteiger partial charge in [-0.05, 0) is 43.7 Å².